The van der Waals surface area contributed by atoms with Gasteiger partial charge in [0, 0.05) is 11.6 Å². The third kappa shape index (κ3) is 2.57. The molecule has 2 rings (SSSR count). The monoisotopic (exact) mass is 230 g/mol. The van der Waals surface area contributed by atoms with E-state index in [-0.39, 0.29) is 5.78 Å². The van der Waals surface area contributed by atoms with E-state index in [1.54, 1.807) is 12.1 Å². The number of rotatable bonds is 3. The second kappa shape index (κ2) is 4.61. The average molecular weight is 230 g/mol. The molecular weight excluding hydrogens is 220 g/mol. The van der Waals surface area contributed by atoms with Crippen molar-refractivity contribution in [3.63, 3.8) is 0 Å². The molecule has 0 fully saturated rings. The van der Waals surface area contributed by atoms with E-state index in [0.29, 0.717) is 5.69 Å². The molecule has 0 amide bonds. The van der Waals surface area contributed by atoms with Crippen LogP contribution in [0.3, 0.4) is 0 Å². The summed E-state index contributed by atoms with van der Waals surface area (Å²) < 4.78 is 5.80. The van der Waals surface area contributed by atoms with Crippen LogP contribution >= 0.6 is 0 Å². The van der Waals surface area contributed by atoms with Crippen LogP contribution in [0.25, 0.3) is 11.8 Å². The quantitative estimate of drug-likeness (QED) is 0.572. The molecule has 2 aromatic rings. The highest BCUT2D eigenvalue weighted by atomic mass is 16.6. The van der Waals surface area contributed by atoms with Crippen molar-refractivity contribution in [2.75, 3.05) is 0 Å². The van der Waals surface area contributed by atoms with Gasteiger partial charge in [0.15, 0.2) is 5.78 Å². The Morgan fingerprint density at radius 3 is 2.88 bits per heavy atom. The van der Waals surface area contributed by atoms with Crippen molar-refractivity contribution in [1.82, 2.24) is 5.27 Å². The lowest BCUT2D eigenvalue weighted by Crippen LogP contribution is -2.32. The van der Waals surface area contributed by atoms with Gasteiger partial charge in [0.05, 0.1) is 5.27 Å². The van der Waals surface area contributed by atoms with Crippen LogP contribution in [0.4, 0.5) is 0 Å². The molecule has 17 heavy (non-hydrogen) atoms. The van der Waals surface area contributed by atoms with Crippen LogP contribution in [0.2, 0.25) is 0 Å². The van der Waals surface area contributed by atoms with Gasteiger partial charge in [0.25, 0.3) is 0 Å². The summed E-state index contributed by atoms with van der Waals surface area (Å²) in [6.07, 6.45) is 4.36. The fourth-order valence-electron chi connectivity index (χ4n) is 1.39. The van der Waals surface area contributed by atoms with Gasteiger partial charge in [0.2, 0.25) is 11.9 Å². The summed E-state index contributed by atoms with van der Waals surface area (Å²) in [7, 11) is 0. The van der Waals surface area contributed by atoms with Crippen molar-refractivity contribution in [2.45, 2.75) is 6.92 Å². The smallest absolute Gasteiger partial charge is 0.246 e. The fourth-order valence-corrected chi connectivity index (χ4v) is 1.39. The lowest BCUT2D eigenvalue weighted by Gasteiger charge is -1.95. The Kier molecular flexibility index (Phi) is 3.00. The van der Waals surface area contributed by atoms with Crippen LogP contribution in [-0.4, -0.2) is 11.1 Å². The number of nitrogens with zero attached hydrogens (tertiary/aromatic N) is 2. The number of benzene rings is 1. The number of carbonyl (C=O) groups is 1. The Morgan fingerprint density at radius 2 is 2.24 bits per heavy atom. The van der Waals surface area contributed by atoms with Gasteiger partial charge in [-0.1, -0.05) is 12.1 Å². The zero-order valence-electron chi connectivity index (χ0n) is 9.16. The minimum Gasteiger partial charge on any atom is -0.539 e. The Labute approximate surface area is 97.6 Å². The predicted molar refractivity (Wildman–Crippen MR) is 57.2 cm³/mol. The third-order valence-corrected chi connectivity index (χ3v) is 2.13. The Bertz CT molecular complexity index is 573. The Balaban J connectivity index is 2.44. The second-order valence-electron chi connectivity index (χ2n) is 3.47. The number of allylic oxidation sites excluding steroid dienone is 1. The number of hydrogen-bond donors (Lipinski definition) is 0. The van der Waals surface area contributed by atoms with Crippen LogP contribution in [-0.2, 0) is 4.79 Å². The van der Waals surface area contributed by atoms with Crippen molar-refractivity contribution in [3.05, 3.63) is 42.1 Å². The fraction of sp³-hybridized carbons (Fsp3) is 0.0833. The maximum atomic E-state index is 10.9. The molecule has 0 bridgehead atoms. The molecule has 1 aromatic heterocycles. The third-order valence-electron chi connectivity index (χ3n) is 2.13. The lowest BCUT2D eigenvalue weighted by atomic mass is 10.1. The number of ketones is 1. The molecule has 86 valence electrons. The van der Waals surface area contributed by atoms with E-state index in [1.165, 1.54) is 23.9 Å². The predicted octanol–water partition coefficient (Wildman–Crippen LogP) is 0.627. The molecule has 0 unspecified atom stereocenters. The zero-order valence-corrected chi connectivity index (χ0v) is 9.16. The van der Waals surface area contributed by atoms with Gasteiger partial charge in [-0.15, -0.1) is 0 Å². The van der Waals surface area contributed by atoms with Crippen LogP contribution in [0.15, 0.2) is 41.1 Å². The normalized spacial score (nSPS) is 10.9. The Morgan fingerprint density at radius 1 is 1.47 bits per heavy atom. The van der Waals surface area contributed by atoms with Gasteiger partial charge in [0.1, 0.15) is 5.95 Å². The van der Waals surface area contributed by atoms with E-state index in [2.05, 4.69) is 9.79 Å². The number of hydrogen-bond acceptors (Lipinski definition) is 4. The zero-order chi connectivity index (χ0) is 12.3. The first-order valence-corrected chi connectivity index (χ1v) is 5.00. The van der Waals surface area contributed by atoms with Gasteiger partial charge in [-0.05, 0) is 29.8 Å². The van der Waals surface area contributed by atoms with Gasteiger partial charge in [-0.25, -0.2) is 0 Å². The number of carbonyl (C=O) groups excluding carboxylic acids is 1. The van der Waals surface area contributed by atoms with E-state index in [1.807, 2.05) is 18.2 Å². The van der Waals surface area contributed by atoms with Crippen molar-refractivity contribution in [3.8, 4) is 11.6 Å². The molecule has 1 heterocycles. The molecule has 5 heteroatoms. The Hall–Kier alpha value is -2.43. The molecule has 0 aliphatic carbocycles. The van der Waals surface area contributed by atoms with Crippen LogP contribution in [0, 0.1) is 0 Å². The summed E-state index contributed by atoms with van der Waals surface area (Å²) in [4.78, 5) is 10.9. The molecule has 0 radical (unpaired) electrons. The second-order valence-corrected chi connectivity index (χ2v) is 3.47. The molecule has 0 aliphatic heterocycles. The van der Waals surface area contributed by atoms with Crippen LogP contribution < -0.4 is 9.79 Å². The van der Waals surface area contributed by atoms with Gasteiger partial charge >= 0.3 is 0 Å². The van der Waals surface area contributed by atoms with E-state index in [4.69, 9.17) is 0 Å². The summed E-state index contributed by atoms with van der Waals surface area (Å²) in [5.41, 5.74) is 1.46. The summed E-state index contributed by atoms with van der Waals surface area (Å²) in [5.74, 6) is -0.565. The van der Waals surface area contributed by atoms with Crippen LogP contribution in [0.1, 0.15) is 12.5 Å². The minimum absolute atomic E-state index is 0.0468. The SMILES string of the molecule is CC(=O)/C=C/c1ccccc1-[n+]1cc([O-])on1. The van der Waals surface area contributed by atoms with E-state index < -0.39 is 5.95 Å². The van der Waals surface area contributed by atoms with Gasteiger partial charge < -0.3 is 9.63 Å². The molecule has 0 spiro atoms. The largest absolute Gasteiger partial charge is 0.539 e. The summed E-state index contributed by atoms with van der Waals surface area (Å²) in [5, 5.41) is 14.5. The van der Waals surface area contributed by atoms with E-state index in [0.717, 1.165) is 5.56 Å². The highest BCUT2D eigenvalue weighted by molar-refractivity contribution is 5.91. The molecule has 0 aliphatic rings. The first-order valence-electron chi connectivity index (χ1n) is 5.00. The molecule has 0 saturated heterocycles. The first-order chi connectivity index (χ1) is 8.16. The minimum atomic E-state index is -0.518. The maximum absolute atomic E-state index is 10.9. The molecule has 1 aromatic carbocycles. The summed E-state index contributed by atoms with van der Waals surface area (Å²) in [6.45, 7) is 1.47. The summed E-state index contributed by atoms with van der Waals surface area (Å²) in [6, 6.07) is 7.25. The summed E-state index contributed by atoms with van der Waals surface area (Å²) >= 11 is 0. The average Bonchev–Trinajstić information content (AvgIpc) is 2.73. The van der Waals surface area contributed by atoms with Crippen molar-refractivity contribution in [2.24, 2.45) is 0 Å². The lowest BCUT2D eigenvalue weighted by molar-refractivity contribution is -0.670. The molecule has 0 N–H and O–H groups in total. The molecule has 0 atom stereocenters. The molecule has 5 nitrogen and oxygen atoms in total. The first kappa shape index (κ1) is 11.1. The molecular formula is C12H10N2O3. The van der Waals surface area contributed by atoms with E-state index >= 15 is 0 Å². The number of aromatic nitrogens is 2. The number of para-hydroxylation sites is 1. The van der Waals surface area contributed by atoms with Crippen molar-refractivity contribution < 1.29 is 19.1 Å². The highest BCUT2D eigenvalue weighted by Gasteiger charge is 2.12. The van der Waals surface area contributed by atoms with Crippen molar-refractivity contribution >= 4 is 11.9 Å². The topological polar surface area (TPSA) is 70.0 Å². The van der Waals surface area contributed by atoms with Crippen molar-refractivity contribution in [1.29, 1.82) is 0 Å². The standard InChI is InChI=1S/C12H10N2O3/c1-9(15)6-7-10-4-2-3-5-11(10)14-8-12(16)17-13-14/h2-8H,1H3/b7-6+. The van der Waals surface area contributed by atoms with E-state index in [9.17, 15) is 9.90 Å². The van der Waals surface area contributed by atoms with Crippen LogP contribution in [0.5, 0.6) is 5.95 Å². The van der Waals surface area contributed by atoms with Gasteiger partial charge in [-0.2, -0.15) is 0 Å². The van der Waals surface area contributed by atoms with Gasteiger partial charge in [-0.3, -0.25) is 4.79 Å². The highest BCUT2D eigenvalue weighted by Crippen LogP contribution is 2.11. The molecule has 0 saturated carbocycles. The maximum Gasteiger partial charge on any atom is 0.246 e.